The number of aliphatic hydroxyl groups is 2. The molecule has 2 aliphatic heterocycles. The van der Waals surface area contributed by atoms with Crippen LogP contribution in [0.3, 0.4) is 0 Å². The van der Waals surface area contributed by atoms with Gasteiger partial charge in [0.2, 0.25) is 0 Å². The summed E-state index contributed by atoms with van der Waals surface area (Å²) >= 11 is 5.59. The Labute approximate surface area is 212 Å². The molecule has 0 radical (unpaired) electrons. The van der Waals surface area contributed by atoms with Crippen LogP contribution in [0.5, 0.6) is 0 Å². The van der Waals surface area contributed by atoms with E-state index in [4.69, 9.17) is 25.9 Å². The fourth-order valence-electron chi connectivity index (χ4n) is 5.59. The molecule has 3 heterocycles. The molecule has 5 atom stereocenters. The molecule has 1 saturated carbocycles. The van der Waals surface area contributed by atoms with E-state index in [2.05, 4.69) is 15.5 Å². The predicted molar refractivity (Wildman–Crippen MR) is 126 cm³/mol. The number of hydrogen-bond acceptors (Lipinski definition) is 8. The maximum absolute atomic E-state index is 14.0. The van der Waals surface area contributed by atoms with Gasteiger partial charge in [0.25, 0.3) is 0 Å². The van der Waals surface area contributed by atoms with Gasteiger partial charge in [0.15, 0.2) is 0 Å². The number of aromatic nitrogens is 3. The Balaban J connectivity index is 1.39. The number of methoxy groups -OCH3 is 1. The highest BCUT2D eigenvalue weighted by molar-refractivity contribution is 6.31. The van der Waals surface area contributed by atoms with Crippen LogP contribution in [-0.4, -0.2) is 74.7 Å². The maximum atomic E-state index is 14.0. The van der Waals surface area contributed by atoms with Gasteiger partial charge in [-0.05, 0) is 37.8 Å². The first-order valence-corrected chi connectivity index (χ1v) is 12.5. The summed E-state index contributed by atoms with van der Waals surface area (Å²) in [5.74, 6) is -1.84. The van der Waals surface area contributed by atoms with Gasteiger partial charge in [0, 0.05) is 25.5 Å². The van der Waals surface area contributed by atoms with Gasteiger partial charge in [-0.25, -0.2) is 13.5 Å². The van der Waals surface area contributed by atoms with Gasteiger partial charge < -0.3 is 24.5 Å². The number of hydrogen-bond donors (Lipinski definition) is 2. The summed E-state index contributed by atoms with van der Waals surface area (Å²) < 4.78 is 41.2. The van der Waals surface area contributed by atoms with Crippen molar-refractivity contribution in [3.8, 4) is 11.3 Å². The summed E-state index contributed by atoms with van der Waals surface area (Å²) in [5.41, 5.74) is 0.927. The van der Waals surface area contributed by atoms with Crippen LogP contribution in [-0.2, 0) is 14.3 Å². The number of rotatable bonds is 6. The van der Waals surface area contributed by atoms with E-state index < -0.39 is 53.7 Å². The molecule has 2 fully saturated rings. The molecule has 36 heavy (non-hydrogen) atoms. The molecular weight excluding hydrogens is 498 g/mol. The number of nitrogens with zero attached hydrogens (tertiary/aromatic N) is 4. The normalized spacial score (nSPS) is 29.8. The van der Waals surface area contributed by atoms with Gasteiger partial charge in [0.1, 0.15) is 52.3 Å². The van der Waals surface area contributed by atoms with E-state index in [0.717, 1.165) is 43.5 Å². The summed E-state index contributed by atoms with van der Waals surface area (Å²) in [6, 6.07) is 1.33. The predicted octanol–water partition coefficient (Wildman–Crippen LogP) is 3.42. The Morgan fingerprint density at radius 1 is 1.19 bits per heavy atom. The van der Waals surface area contributed by atoms with Gasteiger partial charge in [-0.3, -0.25) is 0 Å². The van der Waals surface area contributed by atoms with Crippen molar-refractivity contribution in [2.75, 3.05) is 13.7 Å². The van der Waals surface area contributed by atoms with Crippen LogP contribution in [0.4, 0.5) is 8.78 Å². The average Bonchev–Trinajstić information content (AvgIpc) is 3.51. The van der Waals surface area contributed by atoms with Crippen LogP contribution in [0.15, 0.2) is 23.5 Å². The van der Waals surface area contributed by atoms with E-state index in [1.54, 1.807) is 0 Å². The molecule has 196 valence electrons. The monoisotopic (exact) mass is 526 g/mol. The van der Waals surface area contributed by atoms with Crippen molar-refractivity contribution < 1.29 is 33.3 Å². The lowest BCUT2D eigenvalue weighted by Gasteiger charge is -2.43. The SMILES string of the molecule is CO[C@@H]1[C@@H](n2cc(-c3cc(F)c(Cl)c(F)c3)nn2)[C@@H](O)[C@@H](CO)O[C@@H]1CC1=NOC2(CCCCC2)C1. The highest BCUT2D eigenvalue weighted by Crippen LogP contribution is 2.41. The topological polar surface area (TPSA) is 111 Å². The smallest absolute Gasteiger partial charge is 0.145 e. The van der Waals surface area contributed by atoms with Crippen LogP contribution in [0.25, 0.3) is 11.3 Å². The summed E-state index contributed by atoms with van der Waals surface area (Å²) in [4.78, 5) is 5.86. The average molecular weight is 527 g/mol. The van der Waals surface area contributed by atoms with Crippen molar-refractivity contribution in [2.45, 2.75) is 81.0 Å². The maximum Gasteiger partial charge on any atom is 0.145 e. The van der Waals surface area contributed by atoms with Crippen molar-refractivity contribution in [2.24, 2.45) is 5.16 Å². The van der Waals surface area contributed by atoms with Gasteiger partial charge >= 0.3 is 0 Å². The van der Waals surface area contributed by atoms with Crippen LogP contribution in [0.2, 0.25) is 5.02 Å². The molecule has 1 aromatic heterocycles. The zero-order valence-corrected chi connectivity index (χ0v) is 20.6. The molecule has 1 spiro atoms. The minimum absolute atomic E-state index is 0.140. The standard InChI is InChI=1S/C24H29ClF2N4O5/c1-34-23-18(9-14-10-24(36-29-14)5-3-2-4-6-24)35-19(12-32)22(33)21(23)31-11-17(28-30-31)13-7-15(26)20(25)16(27)8-13/h7-8,11,18-19,21-23,32-33H,2-6,9-10,12H2,1H3/t18-,19-,21+,22+,23+/m1/s1. The van der Waals surface area contributed by atoms with E-state index in [1.807, 2.05) is 0 Å². The minimum atomic E-state index is -1.18. The third-order valence-corrected chi connectivity index (χ3v) is 7.79. The largest absolute Gasteiger partial charge is 0.394 e. The summed E-state index contributed by atoms with van der Waals surface area (Å²) in [6.07, 6.45) is 4.60. The molecule has 1 aliphatic carbocycles. The van der Waals surface area contributed by atoms with Gasteiger partial charge in [-0.15, -0.1) is 5.10 Å². The lowest BCUT2D eigenvalue weighted by molar-refractivity contribution is -0.210. The number of benzene rings is 1. The highest BCUT2D eigenvalue weighted by Gasteiger charge is 2.49. The highest BCUT2D eigenvalue weighted by atomic mass is 35.5. The van der Waals surface area contributed by atoms with Crippen molar-refractivity contribution in [3.63, 3.8) is 0 Å². The number of aliphatic hydroxyl groups excluding tert-OH is 2. The lowest BCUT2D eigenvalue weighted by Crippen LogP contribution is -2.57. The number of oxime groups is 1. The lowest BCUT2D eigenvalue weighted by atomic mass is 9.80. The quantitative estimate of drug-likeness (QED) is 0.555. The fraction of sp³-hybridized carbons (Fsp3) is 0.625. The summed E-state index contributed by atoms with van der Waals surface area (Å²) in [5, 5.41) is 32.8. The molecule has 0 bridgehead atoms. The molecule has 3 aliphatic rings. The Hall–Kier alpha value is -2.18. The molecule has 5 rings (SSSR count). The number of halogens is 3. The van der Waals surface area contributed by atoms with Crippen molar-refractivity contribution >= 4 is 17.3 Å². The second kappa shape index (κ2) is 10.3. The molecule has 1 saturated heterocycles. The van der Waals surface area contributed by atoms with Gasteiger partial charge in [-0.2, -0.15) is 0 Å². The molecule has 0 unspecified atom stereocenters. The van der Waals surface area contributed by atoms with Crippen LogP contribution in [0, 0.1) is 11.6 Å². The Kier molecular flexibility index (Phi) is 7.28. The second-order valence-corrected chi connectivity index (χ2v) is 10.2. The van der Waals surface area contributed by atoms with E-state index in [1.165, 1.54) is 24.4 Å². The van der Waals surface area contributed by atoms with Crippen molar-refractivity contribution in [3.05, 3.63) is 35.0 Å². The zero-order chi connectivity index (χ0) is 25.4. The van der Waals surface area contributed by atoms with E-state index in [0.29, 0.717) is 12.8 Å². The molecule has 12 heteroatoms. The molecule has 0 amide bonds. The third kappa shape index (κ3) is 4.74. The van der Waals surface area contributed by atoms with E-state index in [-0.39, 0.29) is 16.9 Å². The van der Waals surface area contributed by atoms with Crippen LogP contribution < -0.4 is 0 Å². The first kappa shape index (κ1) is 25.5. The number of ether oxygens (including phenoxy) is 2. The molecule has 2 aromatic rings. The fourth-order valence-corrected chi connectivity index (χ4v) is 5.70. The van der Waals surface area contributed by atoms with Crippen LogP contribution in [0.1, 0.15) is 51.0 Å². The first-order chi connectivity index (χ1) is 17.3. The summed E-state index contributed by atoms with van der Waals surface area (Å²) in [7, 11) is 1.50. The molecular formula is C24H29ClF2N4O5. The van der Waals surface area contributed by atoms with Crippen molar-refractivity contribution in [1.82, 2.24) is 15.0 Å². The second-order valence-electron chi connectivity index (χ2n) is 9.79. The zero-order valence-electron chi connectivity index (χ0n) is 19.8. The van der Waals surface area contributed by atoms with Gasteiger partial charge in [0.05, 0.1) is 24.6 Å². The van der Waals surface area contributed by atoms with Gasteiger partial charge in [-0.1, -0.05) is 28.4 Å². The third-order valence-electron chi connectivity index (χ3n) is 7.43. The molecule has 1 aromatic carbocycles. The first-order valence-electron chi connectivity index (χ1n) is 12.1. The Morgan fingerprint density at radius 3 is 2.58 bits per heavy atom. The molecule has 2 N–H and O–H groups in total. The molecule has 9 nitrogen and oxygen atoms in total. The summed E-state index contributed by atoms with van der Waals surface area (Å²) in [6.45, 7) is -0.424. The van der Waals surface area contributed by atoms with E-state index >= 15 is 0 Å². The van der Waals surface area contributed by atoms with E-state index in [9.17, 15) is 19.0 Å². The minimum Gasteiger partial charge on any atom is -0.394 e. The van der Waals surface area contributed by atoms with Crippen LogP contribution >= 0.6 is 11.6 Å². The van der Waals surface area contributed by atoms with Crippen molar-refractivity contribution in [1.29, 1.82) is 0 Å². The Bertz CT molecular complexity index is 1100. The Morgan fingerprint density at radius 2 is 1.92 bits per heavy atom.